The first-order valence-electron chi connectivity index (χ1n) is 8.91. The Kier molecular flexibility index (Phi) is 4.79. The zero-order valence-electron chi connectivity index (χ0n) is 15.4. The van der Waals surface area contributed by atoms with E-state index in [2.05, 4.69) is 16.3 Å². The van der Waals surface area contributed by atoms with E-state index in [0.717, 1.165) is 5.56 Å². The number of fused-ring (bicyclic) bond motifs is 1. The van der Waals surface area contributed by atoms with Crippen molar-refractivity contribution in [2.45, 2.75) is 12.8 Å². The van der Waals surface area contributed by atoms with Crippen LogP contribution < -0.4 is 15.2 Å². The zero-order valence-corrected chi connectivity index (χ0v) is 16.2. The summed E-state index contributed by atoms with van der Waals surface area (Å²) >= 11 is 6.39. The van der Waals surface area contributed by atoms with E-state index >= 15 is 0 Å². The molecule has 146 valence electrons. The highest BCUT2D eigenvalue weighted by molar-refractivity contribution is 6.33. The Hall–Kier alpha value is -3.63. The van der Waals surface area contributed by atoms with E-state index in [4.69, 9.17) is 26.8 Å². The van der Waals surface area contributed by atoms with Crippen LogP contribution in [0.5, 0.6) is 17.4 Å². The number of aromatic nitrogens is 2. The van der Waals surface area contributed by atoms with Crippen molar-refractivity contribution in [2.24, 2.45) is 5.73 Å². The molecule has 4 N–H and O–H groups in total. The van der Waals surface area contributed by atoms with Crippen LogP contribution in [0.25, 0.3) is 11.3 Å². The van der Waals surface area contributed by atoms with Gasteiger partial charge in [-0.2, -0.15) is 5.26 Å². The van der Waals surface area contributed by atoms with E-state index in [1.165, 1.54) is 6.07 Å². The van der Waals surface area contributed by atoms with Gasteiger partial charge < -0.3 is 20.3 Å². The topological polar surface area (TPSA) is 117 Å². The lowest BCUT2D eigenvalue weighted by Crippen LogP contribution is -2.21. The van der Waals surface area contributed by atoms with Crippen molar-refractivity contribution in [3.63, 3.8) is 0 Å². The summed E-state index contributed by atoms with van der Waals surface area (Å²) in [7, 11) is 0. The molecule has 1 aromatic heterocycles. The molecule has 0 saturated carbocycles. The molecule has 1 aliphatic heterocycles. The molecule has 0 unspecified atom stereocenters. The summed E-state index contributed by atoms with van der Waals surface area (Å²) in [4.78, 5) is 0. The van der Waals surface area contributed by atoms with Crippen LogP contribution in [-0.2, 0) is 0 Å². The van der Waals surface area contributed by atoms with Crippen molar-refractivity contribution in [3.05, 3.63) is 70.1 Å². The summed E-state index contributed by atoms with van der Waals surface area (Å²) in [5.74, 6) is 0.00262. The molecule has 0 radical (unpaired) electrons. The SMILES string of the molecule is CCOc1cc([C@@H]2C(C#N)=C(N)Oc3n[nH]c(-c4ccccc4Cl)c32)ccc1O. The number of phenolic OH excluding ortho intramolecular Hbond substituents is 1. The van der Waals surface area contributed by atoms with Crippen LogP contribution in [0.1, 0.15) is 24.0 Å². The molecule has 2 aromatic carbocycles. The maximum atomic E-state index is 10.1. The number of benzene rings is 2. The summed E-state index contributed by atoms with van der Waals surface area (Å²) in [6.07, 6.45) is 0. The fraction of sp³-hybridized carbons (Fsp3) is 0.143. The van der Waals surface area contributed by atoms with Gasteiger partial charge in [0.15, 0.2) is 11.5 Å². The fourth-order valence-corrected chi connectivity index (χ4v) is 3.66. The van der Waals surface area contributed by atoms with Crippen molar-refractivity contribution >= 4 is 11.6 Å². The average molecular weight is 409 g/mol. The smallest absolute Gasteiger partial charge is 0.244 e. The minimum atomic E-state index is -0.575. The third kappa shape index (κ3) is 3.13. The second-order valence-electron chi connectivity index (χ2n) is 6.38. The molecule has 7 nitrogen and oxygen atoms in total. The number of nitrogens with zero attached hydrogens (tertiary/aromatic N) is 2. The molecule has 1 atom stereocenters. The molecule has 2 heterocycles. The molecule has 1 aliphatic rings. The van der Waals surface area contributed by atoms with Crippen molar-refractivity contribution in [1.29, 1.82) is 5.26 Å². The molecule has 0 saturated heterocycles. The van der Waals surface area contributed by atoms with E-state index in [-0.39, 0.29) is 23.1 Å². The number of rotatable bonds is 4. The first kappa shape index (κ1) is 18.7. The number of nitriles is 1. The molecular formula is C21H17ClN4O3. The van der Waals surface area contributed by atoms with Crippen molar-refractivity contribution < 1.29 is 14.6 Å². The number of phenols is 1. The van der Waals surface area contributed by atoms with Crippen molar-refractivity contribution in [1.82, 2.24) is 10.2 Å². The van der Waals surface area contributed by atoms with E-state index in [1.807, 2.05) is 25.1 Å². The first-order valence-corrected chi connectivity index (χ1v) is 9.29. The summed E-state index contributed by atoms with van der Waals surface area (Å²) in [6.45, 7) is 2.21. The third-order valence-electron chi connectivity index (χ3n) is 4.70. The maximum absolute atomic E-state index is 10.1. The highest BCUT2D eigenvalue weighted by atomic mass is 35.5. The second-order valence-corrected chi connectivity index (χ2v) is 6.79. The van der Waals surface area contributed by atoms with E-state index < -0.39 is 5.92 Å². The number of nitrogens with two attached hydrogens (primary N) is 1. The predicted molar refractivity (Wildman–Crippen MR) is 108 cm³/mol. The average Bonchev–Trinajstić information content (AvgIpc) is 3.12. The molecule has 8 heteroatoms. The van der Waals surface area contributed by atoms with Crippen LogP contribution in [0.2, 0.25) is 5.02 Å². The Bertz CT molecular complexity index is 1160. The van der Waals surface area contributed by atoms with Crippen LogP contribution in [0.3, 0.4) is 0 Å². The molecule has 3 aromatic rings. The first-order chi connectivity index (χ1) is 14.0. The second kappa shape index (κ2) is 7.41. The van der Waals surface area contributed by atoms with Crippen LogP contribution in [0.4, 0.5) is 0 Å². The number of H-pyrrole nitrogens is 1. The van der Waals surface area contributed by atoms with Gasteiger partial charge in [-0.1, -0.05) is 35.9 Å². The molecular weight excluding hydrogens is 392 g/mol. The maximum Gasteiger partial charge on any atom is 0.244 e. The van der Waals surface area contributed by atoms with E-state index in [1.54, 1.807) is 18.2 Å². The van der Waals surface area contributed by atoms with Gasteiger partial charge in [-0.25, -0.2) is 0 Å². The molecule has 29 heavy (non-hydrogen) atoms. The number of halogens is 1. The monoisotopic (exact) mass is 408 g/mol. The van der Waals surface area contributed by atoms with Gasteiger partial charge in [0, 0.05) is 10.6 Å². The van der Waals surface area contributed by atoms with Crippen LogP contribution >= 0.6 is 11.6 Å². The lowest BCUT2D eigenvalue weighted by atomic mass is 9.83. The van der Waals surface area contributed by atoms with Gasteiger partial charge >= 0.3 is 0 Å². The Morgan fingerprint density at radius 2 is 2.14 bits per heavy atom. The van der Waals surface area contributed by atoms with Gasteiger partial charge in [-0.05, 0) is 30.7 Å². The van der Waals surface area contributed by atoms with Crippen molar-refractivity contribution in [3.8, 4) is 34.7 Å². The standard InChI is InChI=1S/C21H17ClN4O3/c1-2-28-16-9-11(7-8-15(16)27)17-13(10-23)20(24)29-21-18(17)19(25-26-21)12-5-3-4-6-14(12)22/h3-9,17,27H,2,24H2,1H3,(H,25,26)/t17-/m1/s1. The molecule has 0 amide bonds. The van der Waals surface area contributed by atoms with Gasteiger partial charge in [0.05, 0.1) is 23.8 Å². The minimum Gasteiger partial charge on any atom is -0.504 e. The Morgan fingerprint density at radius 3 is 2.86 bits per heavy atom. The number of hydrogen-bond donors (Lipinski definition) is 3. The largest absolute Gasteiger partial charge is 0.504 e. The van der Waals surface area contributed by atoms with Crippen LogP contribution in [0, 0.1) is 11.3 Å². The van der Waals surface area contributed by atoms with Crippen LogP contribution in [-0.4, -0.2) is 21.9 Å². The number of allylic oxidation sites excluding steroid dienone is 1. The predicted octanol–water partition coefficient (Wildman–Crippen LogP) is 4.05. The fourth-order valence-electron chi connectivity index (χ4n) is 3.43. The molecule has 0 bridgehead atoms. The number of ether oxygens (including phenoxy) is 2. The quantitative estimate of drug-likeness (QED) is 0.599. The lowest BCUT2D eigenvalue weighted by molar-refractivity contribution is 0.317. The molecule has 0 spiro atoms. The van der Waals surface area contributed by atoms with Gasteiger partial charge in [-0.15, -0.1) is 5.10 Å². The zero-order chi connectivity index (χ0) is 20.5. The highest BCUT2D eigenvalue weighted by Gasteiger charge is 2.36. The van der Waals surface area contributed by atoms with E-state index in [9.17, 15) is 10.4 Å². The summed E-state index contributed by atoms with van der Waals surface area (Å²) < 4.78 is 11.1. The number of nitrogens with one attached hydrogen (secondary N) is 1. The number of aromatic hydroxyl groups is 1. The summed E-state index contributed by atoms with van der Waals surface area (Å²) in [5.41, 5.74) is 8.93. The highest BCUT2D eigenvalue weighted by Crippen LogP contribution is 2.47. The normalized spacial score (nSPS) is 15.4. The lowest BCUT2D eigenvalue weighted by Gasteiger charge is -2.24. The molecule has 0 fully saturated rings. The van der Waals surface area contributed by atoms with Gasteiger partial charge in [0.2, 0.25) is 11.8 Å². The van der Waals surface area contributed by atoms with Crippen molar-refractivity contribution in [2.75, 3.05) is 6.61 Å². The Labute approximate surface area is 171 Å². The third-order valence-corrected chi connectivity index (χ3v) is 5.03. The Morgan fingerprint density at radius 1 is 1.34 bits per heavy atom. The van der Waals surface area contributed by atoms with E-state index in [0.29, 0.717) is 34.2 Å². The summed E-state index contributed by atoms with van der Waals surface area (Å²) in [5, 5.41) is 27.6. The van der Waals surface area contributed by atoms with Gasteiger partial charge in [0.25, 0.3) is 0 Å². The molecule has 0 aliphatic carbocycles. The Balaban J connectivity index is 1.95. The van der Waals surface area contributed by atoms with Gasteiger partial charge in [-0.3, -0.25) is 5.10 Å². The number of hydrogen-bond acceptors (Lipinski definition) is 6. The van der Waals surface area contributed by atoms with Gasteiger partial charge in [0.1, 0.15) is 11.6 Å². The van der Waals surface area contributed by atoms with Crippen LogP contribution in [0.15, 0.2) is 53.9 Å². The molecule has 4 rings (SSSR count). The summed E-state index contributed by atoms with van der Waals surface area (Å²) in [6, 6.07) is 14.4. The number of aromatic amines is 1. The minimum absolute atomic E-state index is 0.0110.